The first-order valence-electron chi connectivity index (χ1n) is 9.47. The van der Waals surface area contributed by atoms with E-state index in [0.717, 1.165) is 11.3 Å². The Hall–Kier alpha value is -3.45. The molecule has 0 aliphatic carbocycles. The maximum atomic E-state index is 13.1. The molecule has 0 unspecified atom stereocenters. The summed E-state index contributed by atoms with van der Waals surface area (Å²) >= 11 is 5.97. The van der Waals surface area contributed by atoms with E-state index in [1.165, 1.54) is 4.68 Å². The van der Waals surface area contributed by atoms with Gasteiger partial charge in [-0.05, 0) is 43.7 Å². The molecular formula is C22H20ClN5O2. The van der Waals surface area contributed by atoms with E-state index in [1.807, 2.05) is 49.4 Å². The van der Waals surface area contributed by atoms with Gasteiger partial charge in [-0.25, -0.2) is 9.36 Å². The van der Waals surface area contributed by atoms with Crippen LogP contribution in [0, 0.1) is 13.8 Å². The molecule has 7 nitrogen and oxygen atoms in total. The number of aryl methyl sites for hydroxylation is 2. The molecule has 0 saturated carbocycles. The number of nitrogens with zero attached hydrogens (tertiary/aromatic N) is 4. The maximum absolute atomic E-state index is 13.1. The lowest BCUT2D eigenvalue weighted by Crippen LogP contribution is -2.33. The van der Waals surface area contributed by atoms with Gasteiger partial charge in [0, 0.05) is 11.6 Å². The van der Waals surface area contributed by atoms with Gasteiger partial charge in [-0.1, -0.05) is 41.9 Å². The van der Waals surface area contributed by atoms with E-state index < -0.39 is 0 Å². The number of benzene rings is 2. The Bertz CT molecular complexity index is 1280. The summed E-state index contributed by atoms with van der Waals surface area (Å²) in [6.07, 6.45) is 0. The monoisotopic (exact) mass is 421 g/mol. The largest absolute Gasteiger partial charge is 0.350 e. The summed E-state index contributed by atoms with van der Waals surface area (Å²) < 4.78 is 2.88. The van der Waals surface area contributed by atoms with E-state index in [-0.39, 0.29) is 18.0 Å². The molecule has 0 saturated heterocycles. The Balaban J connectivity index is 1.64. The van der Waals surface area contributed by atoms with E-state index in [9.17, 15) is 9.59 Å². The predicted molar refractivity (Wildman–Crippen MR) is 116 cm³/mol. The zero-order valence-corrected chi connectivity index (χ0v) is 17.3. The Morgan fingerprint density at radius 1 is 1.03 bits per heavy atom. The molecule has 2 aromatic heterocycles. The molecule has 2 heterocycles. The number of carbonyl (C=O) groups is 1. The molecule has 152 valence electrons. The lowest BCUT2D eigenvalue weighted by molar-refractivity contribution is -0.122. The predicted octanol–water partition coefficient (Wildman–Crippen LogP) is 3.17. The van der Waals surface area contributed by atoms with Crippen LogP contribution in [-0.2, 0) is 17.9 Å². The van der Waals surface area contributed by atoms with Crippen LogP contribution in [0.4, 0.5) is 0 Å². The van der Waals surface area contributed by atoms with Gasteiger partial charge in [0.15, 0.2) is 0 Å². The van der Waals surface area contributed by atoms with E-state index in [1.54, 1.807) is 23.7 Å². The van der Waals surface area contributed by atoms with Crippen molar-refractivity contribution in [3.63, 3.8) is 0 Å². The van der Waals surface area contributed by atoms with Gasteiger partial charge in [-0.15, -0.1) is 0 Å². The molecule has 1 N–H and O–H groups in total. The van der Waals surface area contributed by atoms with E-state index in [0.29, 0.717) is 33.9 Å². The summed E-state index contributed by atoms with van der Waals surface area (Å²) in [7, 11) is 0. The molecule has 0 fully saturated rings. The number of aromatic nitrogens is 4. The van der Waals surface area contributed by atoms with Gasteiger partial charge < -0.3 is 5.32 Å². The molecule has 4 aromatic rings. The molecule has 2 aromatic carbocycles. The Morgan fingerprint density at radius 3 is 2.43 bits per heavy atom. The van der Waals surface area contributed by atoms with Crippen molar-refractivity contribution in [2.75, 3.05) is 0 Å². The summed E-state index contributed by atoms with van der Waals surface area (Å²) in [6.45, 7) is 3.83. The molecule has 0 radical (unpaired) electrons. The normalized spacial score (nSPS) is 11.0. The fourth-order valence-corrected chi connectivity index (χ4v) is 3.47. The van der Waals surface area contributed by atoms with Crippen molar-refractivity contribution in [1.82, 2.24) is 24.9 Å². The van der Waals surface area contributed by atoms with Crippen molar-refractivity contribution in [2.45, 2.75) is 26.9 Å². The SMILES string of the molecule is Cc1nn(CC(=O)NCc2ccccc2)c(=O)c2c(C)n(-c3ccc(Cl)cc3)nc12. The summed E-state index contributed by atoms with van der Waals surface area (Å²) in [5.41, 5.74) is 3.21. The number of halogens is 1. The Morgan fingerprint density at radius 2 is 1.73 bits per heavy atom. The second-order valence-corrected chi connectivity index (χ2v) is 7.44. The third-order valence-electron chi connectivity index (χ3n) is 4.88. The number of hydrogen-bond acceptors (Lipinski definition) is 4. The van der Waals surface area contributed by atoms with Gasteiger partial charge in [0.25, 0.3) is 5.56 Å². The number of nitrogens with one attached hydrogen (secondary N) is 1. The van der Waals surface area contributed by atoms with Crippen LogP contribution in [0.15, 0.2) is 59.4 Å². The van der Waals surface area contributed by atoms with Crippen molar-refractivity contribution in [3.8, 4) is 5.69 Å². The smallest absolute Gasteiger partial charge is 0.278 e. The van der Waals surface area contributed by atoms with E-state index >= 15 is 0 Å². The molecule has 0 spiro atoms. The highest BCUT2D eigenvalue weighted by molar-refractivity contribution is 6.30. The Labute approximate surface area is 177 Å². The summed E-state index contributed by atoms with van der Waals surface area (Å²) in [5.74, 6) is -0.282. The average molecular weight is 422 g/mol. The van der Waals surface area contributed by atoms with Crippen LogP contribution >= 0.6 is 11.6 Å². The van der Waals surface area contributed by atoms with Gasteiger partial charge in [0.2, 0.25) is 5.91 Å². The molecule has 0 bridgehead atoms. The van der Waals surface area contributed by atoms with Crippen LogP contribution in [0.3, 0.4) is 0 Å². The zero-order chi connectivity index (χ0) is 21.3. The summed E-state index contributed by atoms with van der Waals surface area (Å²) in [4.78, 5) is 25.4. The number of rotatable bonds is 5. The summed E-state index contributed by atoms with van der Waals surface area (Å²) in [5, 5.41) is 12.8. The van der Waals surface area contributed by atoms with Gasteiger partial charge in [-0.2, -0.15) is 10.2 Å². The van der Waals surface area contributed by atoms with Crippen LogP contribution in [0.1, 0.15) is 17.0 Å². The van der Waals surface area contributed by atoms with Crippen molar-refractivity contribution in [3.05, 3.63) is 86.9 Å². The fraction of sp³-hybridized carbons (Fsp3) is 0.182. The lowest BCUT2D eigenvalue weighted by Gasteiger charge is -2.08. The highest BCUT2D eigenvalue weighted by atomic mass is 35.5. The number of hydrogen-bond donors (Lipinski definition) is 1. The molecule has 1 amide bonds. The number of amides is 1. The second-order valence-electron chi connectivity index (χ2n) is 7.01. The second kappa shape index (κ2) is 8.12. The molecule has 0 atom stereocenters. The minimum absolute atomic E-state index is 0.159. The zero-order valence-electron chi connectivity index (χ0n) is 16.6. The van der Waals surface area contributed by atoms with Gasteiger partial charge >= 0.3 is 0 Å². The quantitative estimate of drug-likeness (QED) is 0.536. The summed E-state index contributed by atoms with van der Waals surface area (Å²) in [6, 6.07) is 16.8. The third kappa shape index (κ3) is 3.84. The van der Waals surface area contributed by atoms with Crippen LogP contribution < -0.4 is 10.9 Å². The van der Waals surface area contributed by atoms with Crippen molar-refractivity contribution >= 4 is 28.4 Å². The first kappa shape index (κ1) is 19.8. The first-order valence-corrected chi connectivity index (χ1v) is 9.85. The standard InChI is InChI=1S/C22H20ClN5O2/c1-14-21-20(15(2)28(26-21)18-10-8-17(23)9-11-18)22(30)27(25-14)13-19(29)24-12-16-6-4-3-5-7-16/h3-11H,12-13H2,1-2H3,(H,24,29). The minimum Gasteiger partial charge on any atom is -0.350 e. The molecule has 4 rings (SSSR count). The Kier molecular flexibility index (Phi) is 5.37. The van der Waals surface area contributed by atoms with Crippen LogP contribution in [-0.4, -0.2) is 25.5 Å². The molecule has 8 heteroatoms. The van der Waals surface area contributed by atoms with Crippen molar-refractivity contribution in [1.29, 1.82) is 0 Å². The molecule has 0 aliphatic rings. The van der Waals surface area contributed by atoms with Crippen LogP contribution in [0.5, 0.6) is 0 Å². The van der Waals surface area contributed by atoms with Gasteiger partial charge in [0.1, 0.15) is 12.1 Å². The van der Waals surface area contributed by atoms with Crippen molar-refractivity contribution in [2.24, 2.45) is 0 Å². The van der Waals surface area contributed by atoms with Crippen LogP contribution in [0.25, 0.3) is 16.6 Å². The van der Waals surface area contributed by atoms with Gasteiger partial charge in [-0.3, -0.25) is 9.59 Å². The lowest BCUT2D eigenvalue weighted by atomic mass is 10.2. The molecule has 30 heavy (non-hydrogen) atoms. The van der Waals surface area contributed by atoms with Gasteiger partial charge in [0.05, 0.1) is 22.5 Å². The fourth-order valence-electron chi connectivity index (χ4n) is 3.34. The van der Waals surface area contributed by atoms with E-state index in [2.05, 4.69) is 15.5 Å². The highest BCUT2D eigenvalue weighted by Gasteiger charge is 2.18. The minimum atomic E-state index is -0.344. The molecular weight excluding hydrogens is 402 g/mol. The topological polar surface area (TPSA) is 81.8 Å². The van der Waals surface area contributed by atoms with Crippen molar-refractivity contribution < 1.29 is 4.79 Å². The third-order valence-corrected chi connectivity index (χ3v) is 5.13. The maximum Gasteiger partial charge on any atom is 0.278 e. The number of fused-ring (bicyclic) bond motifs is 1. The van der Waals surface area contributed by atoms with Crippen LogP contribution in [0.2, 0.25) is 5.02 Å². The number of carbonyl (C=O) groups excluding carboxylic acids is 1. The first-order chi connectivity index (χ1) is 14.4. The van der Waals surface area contributed by atoms with E-state index in [4.69, 9.17) is 11.6 Å². The highest BCUT2D eigenvalue weighted by Crippen LogP contribution is 2.21. The average Bonchev–Trinajstić information content (AvgIpc) is 3.10. The molecule has 0 aliphatic heterocycles.